The molecule has 3 N–H and O–H groups in total. The van der Waals surface area contributed by atoms with Crippen molar-refractivity contribution < 1.29 is 24.2 Å². The fourth-order valence-corrected chi connectivity index (χ4v) is 6.31. The van der Waals surface area contributed by atoms with E-state index in [1.54, 1.807) is 4.90 Å². The number of hydrogen-bond acceptors (Lipinski definition) is 5. The lowest BCUT2D eigenvalue weighted by Crippen LogP contribution is -2.55. The van der Waals surface area contributed by atoms with Crippen LogP contribution in [-0.2, 0) is 25.7 Å². The van der Waals surface area contributed by atoms with E-state index in [-0.39, 0.29) is 30.2 Å². The zero-order chi connectivity index (χ0) is 24.5. The van der Waals surface area contributed by atoms with Gasteiger partial charge in [0.15, 0.2) is 0 Å². The van der Waals surface area contributed by atoms with Crippen molar-refractivity contribution in [3.05, 3.63) is 35.9 Å². The topological polar surface area (TPSA) is 108 Å². The van der Waals surface area contributed by atoms with E-state index in [1.165, 1.54) is 0 Å². The average Bonchev–Trinajstić information content (AvgIpc) is 3.34. The molecule has 34 heavy (non-hydrogen) atoms. The number of ether oxygens (including phenoxy) is 1. The van der Waals surface area contributed by atoms with Gasteiger partial charge in [-0.2, -0.15) is 0 Å². The predicted molar refractivity (Wildman–Crippen MR) is 126 cm³/mol. The number of hydrogen-bond donors (Lipinski definition) is 3. The lowest BCUT2D eigenvalue weighted by Gasteiger charge is -2.36. The third-order valence-electron chi connectivity index (χ3n) is 8.01. The molecular formula is C26H37N3O5. The molecule has 0 aliphatic carbocycles. The number of likely N-dealkylation sites (tertiary alicyclic amines) is 1. The second-order valence-corrected chi connectivity index (χ2v) is 10.2. The Labute approximate surface area is 201 Å². The van der Waals surface area contributed by atoms with Gasteiger partial charge in [-0.15, -0.1) is 0 Å². The van der Waals surface area contributed by atoms with Gasteiger partial charge >= 0.3 is 0 Å². The Hall–Kier alpha value is -2.45. The van der Waals surface area contributed by atoms with Gasteiger partial charge in [0.2, 0.25) is 17.7 Å². The number of benzene rings is 1. The molecule has 1 spiro atoms. The summed E-state index contributed by atoms with van der Waals surface area (Å²) < 4.78 is 6.66. The van der Waals surface area contributed by atoms with Crippen LogP contribution in [0.3, 0.4) is 0 Å². The number of fused-ring (bicyclic) bond motifs is 1. The van der Waals surface area contributed by atoms with Crippen LogP contribution in [0.25, 0.3) is 0 Å². The molecule has 2 bridgehead atoms. The first kappa shape index (κ1) is 24.7. The number of unbranched alkanes of at least 4 members (excludes halogenated alkanes) is 1. The first-order valence-corrected chi connectivity index (χ1v) is 12.5. The number of aliphatic hydroxyl groups is 1. The van der Waals surface area contributed by atoms with E-state index in [2.05, 4.69) is 10.6 Å². The summed E-state index contributed by atoms with van der Waals surface area (Å²) in [5.41, 5.74) is -0.859. The molecule has 8 heteroatoms. The summed E-state index contributed by atoms with van der Waals surface area (Å²) >= 11 is 0. The third kappa shape index (κ3) is 3.90. The predicted octanol–water partition coefficient (Wildman–Crippen LogP) is 1.61. The SMILES string of the molecule is CCCNC(=O)[C@H]1[C@H]2C(=O)N(CCCCO)C(C(=O)NCc3ccccc3)C23CC(C)[C@]1(C)O3. The average molecular weight is 472 g/mol. The van der Waals surface area contributed by atoms with Crippen LogP contribution in [-0.4, -0.2) is 64.7 Å². The van der Waals surface area contributed by atoms with E-state index < -0.39 is 29.1 Å². The molecule has 3 saturated heterocycles. The van der Waals surface area contributed by atoms with Crippen molar-refractivity contribution >= 4 is 17.7 Å². The lowest BCUT2D eigenvalue weighted by molar-refractivity contribution is -0.147. The molecule has 6 atom stereocenters. The van der Waals surface area contributed by atoms with Gasteiger partial charge in [-0.25, -0.2) is 0 Å². The van der Waals surface area contributed by atoms with Crippen LogP contribution in [0.15, 0.2) is 30.3 Å². The van der Waals surface area contributed by atoms with E-state index in [4.69, 9.17) is 4.74 Å². The van der Waals surface area contributed by atoms with Gasteiger partial charge in [0.1, 0.15) is 11.6 Å². The van der Waals surface area contributed by atoms with Gasteiger partial charge in [0.25, 0.3) is 0 Å². The summed E-state index contributed by atoms with van der Waals surface area (Å²) in [7, 11) is 0. The van der Waals surface area contributed by atoms with Gasteiger partial charge < -0.3 is 25.4 Å². The molecule has 3 fully saturated rings. The minimum absolute atomic E-state index is 0.0229. The van der Waals surface area contributed by atoms with E-state index in [1.807, 2.05) is 51.1 Å². The number of aliphatic hydroxyl groups excluding tert-OH is 1. The van der Waals surface area contributed by atoms with Crippen molar-refractivity contribution in [1.29, 1.82) is 0 Å². The maximum atomic E-state index is 13.8. The second kappa shape index (κ2) is 9.66. The van der Waals surface area contributed by atoms with Crippen molar-refractivity contribution in [3.8, 4) is 0 Å². The first-order valence-electron chi connectivity index (χ1n) is 12.5. The summed E-state index contributed by atoms with van der Waals surface area (Å²) in [6.45, 7) is 7.21. The molecule has 8 nitrogen and oxygen atoms in total. The van der Waals surface area contributed by atoms with Crippen molar-refractivity contribution in [2.45, 2.75) is 70.2 Å². The van der Waals surface area contributed by atoms with E-state index in [9.17, 15) is 19.5 Å². The van der Waals surface area contributed by atoms with Crippen molar-refractivity contribution in [2.75, 3.05) is 19.7 Å². The fourth-order valence-electron chi connectivity index (χ4n) is 6.31. The zero-order valence-corrected chi connectivity index (χ0v) is 20.4. The van der Waals surface area contributed by atoms with Crippen LogP contribution in [0.2, 0.25) is 0 Å². The molecule has 3 heterocycles. The molecular weight excluding hydrogens is 434 g/mol. The Balaban J connectivity index is 1.66. The van der Waals surface area contributed by atoms with Gasteiger partial charge in [0, 0.05) is 26.2 Å². The Bertz CT molecular complexity index is 924. The highest BCUT2D eigenvalue weighted by Crippen LogP contribution is 2.65. The second-order valence-electron chi connectivity index (χ2n) is 10.2. The standard InChI is InChI=1S/C26H37N3O5/c1-4-12-27-22(31)19-20-24(33)29(13-8-9-14-30)21(26(20)15-17(2)25(19,3)34-26)23(32)28-16-18-10-6-5-7-11-18/h5-7,10-11,17,19-21,30H,4,8-9,12-16H2,1-3H3,(H,27,31)(H,28,32)/t17?,19-,20+,21?,25+,26?/m1/s1. The molecule has 186 valence electrons. The van der Waals surface area contributed by atoms with Gasteiger partial charge in [0.05, 0.1) is 17.4 Å². The molecule has 0 saturated carbocycles. The molecule has 0 aromatic heterocycles. The highest BCUT2D eigenvalue weighted by Gasteiger charge is 2.79. The van der Waals surface area contributed by atoms with Crippen LogP contribution < -0.4 is 10.6 Å². The van der Waals surface area contributed by atoms with Crippen molar-refractivity contribution in [3.63, 3.8) is 0 Å². The number of carbonyl (C=O) groups excluding carboxylic acids is 3. The maximum absolute atomic E-state index is 13.8. The minimum atomic E-state index is -1.03. The summed E-state index contributed by atoms with van der Waals surface area (Å²) in [5, 5.41) is 15.2. The fraction of sp³-hybridized carbons (Fsp3) is 0.654. The Morgan fingerprint density at radius 1 is 1.18 bits per heavy atom. The highest BCUT2D eigenvalue weighted by molar-refractivity contribution is 5.99. The summed E-state index contributed by atoms with van der Waals surface area (Å²) in [6.07, 6.45) is 2.47. The molecule has 1 aromatic carbocycles. The lowest BCUT2D eigenvalue weighted by atomic mass is 9.62. The van der Waals surface area contributed by atoms with Crippen molar-refractivity contribution in [2.24, 2.45) is 17.8 Å². The van der Waals surface area contributed by atoms with Crippen LogP contribution in [0, 0.1) is 17.8 Å². The Kier molecular flexibility index (Phi) is 7.01. The summed E-state index contributed by atoms with van der Waals surface area (Å²) in [6, 6.07) is 8.83. The van der Waals surface area contributed by atoms with E-state index in [0.717, 1.165) is 12.0 Å². The number of rotatable bonds is 10. The quantitative estimate of drug-likeness (QED) is 0.450. The van der Waals surface area contributed by atoms with Gasteiger partial charge in [-0.05, 0) is 44.1 Å². The summed E-state index contributed by atoms with van der Waals surface area (Å²) in [4.78, 5) is 42.4. The minimum Gasteiger partial charge on any atom is -0.396 e. The normalized spacial score (nSPS) is 33.8. The first-order chi connectivity index (χ1) is 16.3. The van der Waals surface area contributed by atoms with Crippen molar-refractivity contribution in [1.82, 2.24) is 15.5 Å². The van der Waals surface area contributed by atoms with Crippen LogP contribution in [0.4, 0.5) is 0 Å². The molecule has 3 amide bonds. The van der Waals surface area contributed by atoms with E-state index in [0.29, 0.717) is 38.9 Å². The van der Waals surface area contributed by atoms with Gasteiger partial charge in [-0.3, -0.25) is 14.4 Å². The molecule has 3 aliphatic rings. The zero-order valence-electron chi connectivity index (χ0n) is 20.4. The molecule has 1 aromatic rings. The third-order valence-corrected chi connectivity index (χ3v) is 8.01. The maximum Gasteiger partial charge on any atom is 0.246 e. The number of nitrogens with zero attached hydrogens (tertiary/aromatic N) is 1. The number of carbonyl (C=O) groups is 3. The smallest absolute Gasteiger partial charge is 0.246 e. The Morgan fingerprint density at radius 2 is 1.91 bits per heavy atom. The highest BCUT2D eigenvalue weighted by atomic mass is 16.5. The van der Waals surface area contributed by atoms with Crippen LogP contribution in [0.1, 0.15) is 52.0 Å². The molecule has 3 unspecified atom stereocenters. The number of nitrogens with one attached hydrogen (secondary N) is 2. The number of amides is 3. The largest absolute Gasteiger partial charge is 0.396 e. The van der Waals surface area contributed by atoms with E-state index >= 15 is 0 Å². The molecule has 4 rings (SSSR count). The summed E-state index contributed by atoms with van der Waals surface area (Å²) in [5.74, 6) is -1.91. The monoisotopic (exact) mass is 471 g/mol. The van der Waals surface area contributed by atoms with Crippen LogP contribution >= 0.6 is 0 Å². The molecule has 3 aliphatic heterocycles. The van der Waals surface area contributed by atoms with Gasteiger partial charge in [-0.1, -0.05) is 44.2 Å². The molecule has 0 radical (unpaired) electrons. The van der Waals surface area contributed by atoms with Crippen LogP contribution in [0.5, 0.6) is 0 Å². The Morgan fingerprint density at radius 3 is 2.59 bits per heavy atom.